The minimum absolute atomic E-state index is 0.120. The van der Waals surface area contributed by atoms with Gasteiger partial charge in [0.1, 0.15) is 0 Å². The van der Waals surface area contributed by atoms with E-state index < -0.39 is 0 Å². The maximum Gasteiger partial charge on any atom is 0.228 e. The zero-order valence-electron chi connectivity index (χ0n) is 14.1. The van der Waals surface area contributed by atoms with Gasteiger partial charge in [-0.05, 0) is 30.7 Å². The highest BCUT2D eigenvalue weighted by atomic mass is 16.2. The normalized spacial score (nSPS) is 28.8. The van der Waals surface area contributed by atoms with Gasteiger partial charge in [0.05, 0.1) is 12.0 Å². The Bertz CT molecular complexity index is 572. The fourth-order valence-corrected chi connectivity index (χ4v) is 4.03. The molecule has 0 aliphatic carbocycles. The summed E-state index contributed by atoms with van der Waals surface area (Å²) >= 11 is 0. The van der Waals surface area contributed by atoms with Gasteiger partial charge in [-0.15, -0.1) is 0 Å². The van der Waals surface area contributed by atoms with Gasteiger partial charge in [-0.25, -0.2) is 0 Å². The van der Waals surface area contributed by atoms with E-state index in [-0.39, 0.29) is 23.8 Å². The molecule has 0 bridgehead atoms. The van der Waals surface area contributed by atoms with Crippen LogP contribution in [0, 0.1) is 11.8 Å². The van der Waals surface area contributed by atoms with Crippen LogP contribution < -0.4 is 0 Å². The number of carbonyl (C=O) groups excluding carboxylic acids is 2. The molecule has 3 rings (SSSR count). The third-order valence-electron chi connectivity index (χ3n) is 5.29. The predicted molar refractivity (Wildman–Crippen MR) is 89.7 cm³/mol. The molecule has 124 valence electrons. The van der Waals surface area contributed by atoms with Gasteiger partial charge in [0.2, 0.25) is 11.8 Å². The molecule has 0 saturated carbocycles. The lowest BCUT2D eigenvalue weighted by molar-refractivity contribution is -0.147. The molecule has 2 aliphatic heterocycles. The van der Waals surface area contributed by atoms with Crippen LogP contribution in [0.2, 0.25) is 0 Å². The molecule has 2 heterocycles. The topological polar surface area (TPSA) is 40.6 Å². The van der Waals surface area contributed by atoms with E-state index >= 15 is 0 Å². The number of hydrogen-bond donors (Lipinski definition) is 0. The summed E-state index contributed by atoms with van der Waals surface area (Å²) in [6.45, 7) is 3.93. The minimum Gasteiger partial charge on any atom is -0.342 e. The highest BCUT2D eigenvalue weighted by Crippen LogP contribution is 2.37. The number of rotatable bonds is 2. The SMILES string of the molecule is C[C@@H]1CCCN(C(=O)[C@H]2CCC(=O)N(C)[C@H]2c2ccccc2)C1. The average Bonchev–Trinajstić information content (AvgIpc) is 2.57. The van der Waals surface area contributed by atoms with Gasteiger partial charge in [0.15, 0.2) is 0 Å². The Hall–Kier alpha value is -1.84. The van der Waals surface area contributed by atoms with E-state index in [9.17, 15) is 9.59 Å². The maximum absolute atomic E-state index is 13.1. The lowest BCUT2D eigenvalue weighted by Crippen LogP contribution is -2.49. The van der Waals surface area contributed by atoms with Crippen LogP contribution in [0.4, 0.5) is 0 Å². The zero-order valence-corrected chi connectivity index (χ0v) is 14.1. The maximum atomic E-state index is 13.1. The van der Waals surface area contributed by atoms with Gasteiger partial charge in [-0.2, -0.15) is 0 Å². The first-order valence-corrected chi connectivity index (χ1v) is 8.67. The number of carbonyl (C=O) groups is 2. The lowest BCUT2D eigenvalue weighted by Gasteiger charge is -2.42. The summed E-state index contributed by atoms with van der Waals surface area (Å²) in [6, 6.07) is 9.84. The van der Waals surface area contributed by atoms with Crippen LogP contribution in [0.3, 0.4) is 0 Å². The van der Waals surface area contributed by atoms with Crippen molar-refractivity contribution < 1.29 is 9.59 Å². The quantitative estimate of drug-likeness (QED) is 0.842. The molecule has 0 aromatic heterocycles. The third kappa shape index (κ3) is 3.26. The van der Waals surface area contributed by atoms with Crippen LogP contribution >= 0.6 is 0 Å². The minimum atomic E-state index is -0.137. The van der Waals surface area contributed by atoms with Gasteiger partial charge in [-0.3, -0.25) is 9.59 Å². The Balaban J connectivity index is 1.86. The molecule has 0 radical (unpaired) electrons. The van der Waals surface area contributed by atoms with Crippen molar-refractivity contribution in [3.63, 3.8) is 0 Å². The fourth-order valence-electron chi connectivity index (χ4n) is 4.03. The van der Waals surface area contributed by atoms with Crippen molar-refractivity contribution in [2.24, 2.45) is 11.8 Å². The van der Waals surface area contributed by atoms with E-state index in [4.69, 9.17) is 0 Å². The van der Waals surface area contributed by atoms with Crippen LogP contribution in [0.25, 0.3) is 0 Å². The average molecular weight is 314 g/mol. The Morgan fingerprint density at radius 3 is 2.61 bits per heavy atom. The smallest absolute Gasteiger partial charge is 0.228 e. The first-order chi connectivity index (χ1) is 11.1. The lowest BCUT2D eigenvalue weighted by atomic mass is 9.83. The molecule has 0 N–H and O–H groups in total. The van der Waals surface area contributed by atoms with Crippen molar-refractivity contribution in [3.05, 3.63) is 35.9 Å². The molecule has 1 aromatic rings. The van der Waals surface area contributed by atoms with Crippen molar-refractivity contribution in [1.82, 2.24) is 9.80 Å². The van der Waals surface area contributed by atoms with Gasteiger partial charge >= 0.3 is 0 Å². The van der Waals surface area contributed by atoms with Gasteiger partial charge in [-0.1, -0.05) is 37.3 Å². The molecule has 23 heavy (non-hydrogen) atoms. The molecule has 2 saturated heterocycles. The van der Waals surface area contributed by atoms with Gasteiger partial charge in [0, 0.05) is 26.6 Å². The summed E-state index contributed by atoms with van der Waals surface area (Å²) in [6.07, 6.45) is 3.42. The molecule has 2 aliphatic rings. The van der Waals surface area contributed by atoms with E-state index in [0.29, 0.717) is 18.8 Å². The van der Waals surface area contributed by atoms with Crippen molar-refractivity contribution in [3.8, 4) is 0 Å². The van der Waals surface area contributed by atoms with Crippen molar-refractivity contribution in [2.75, 3.05) is 20.1 Å². The molecule has 1 aromatic carbocycles. The molecule has 4 nitrogen and oxygen atoms in total. The van der Waals surface area contributed by atoms with E-state index in [0.717, 1.165) is 25.1 Å². The molecule has 0 unspecified atom stereocenters. The molecular formula is C19H26N2O2. The van der Waals surface area contributed by atoms with Crippen molar-refractivity contribution in [1.29, 1.82) is 0 Å². The molecule has 2 fully saturated rings. The van der Waals surface area contributed by atoms with Crippen LogP contribution in [-0.2, 0) is 9.59 Å². The van der Waals surface area contributed by atoms with E-state index in [2.05, 4.69) is 6.92 Å². The van der Waals surface area contributed by atoms with Crippen LogP contribution in [-0.4, -0.2) is 41.8 Å². The summed E-state index contributed by atoms with van der Waals surface area (Å²) in [4.78, 5) is 29.1. The van der Waals surface area contributed by atoms with Crippen LogP contribution in [0.15, 0.2) is 30.3 Å². The summed E-state index contributed by atoms with van der Waals surface area (Å²) in [5.41, 5.74) is 1.06. The number of piperidine rings is 2. The largest absolute Gasteiger partial charge is 0.342 e. The summed E-state index contributed by atoms with van der Waals surface area (Å²) in [5.74, 6) is 0.816. The number of likely N-dealkylation sites (tertiary alicyclic amines) is 2. The molecule has 4 heteroatoms. The number of nitrogens with zero attached hydrogens (tertiary/aromatic N) is 2. The van der Waals surface area contributed by atoms with E-state index in [1.165, 1.54) is 6.42 Å². The standard InChI is InChI=1S/C19H26N2O2/c1-14-7-6-12-21(13-14)19(23)16-10-11-17(22)20(2)18(16)15-8-4-3-5-9-15/h3-5,8-9,14,16,18H,6-7,10-13H2,1-2H3/t14-,16+,18+/m1/s1. The van der Waals surface area contributed by atoms with Gasteiger partial charge in [0.25, 0.3) is 0 Å². The van der Waals surface area contributed by atoms with Crippen molar-refractivity contribution in [2.45, 2.75) is 38.6 Å². The third-order valence-corrected chi connectivity index (χ3v) is 5.29. The summed E-state index contributed by atoms with van der Waals surface area (Å²) < 4.78 is 0. The Kier molecular flexibility index (Phi) is 4.69. The molecule has 3 atom stereocenters. The number of amides is 2. The highest BCUT2D eigenvalue weighted by molar-refractivity contribution is 5.85. The second-order valence-electron chi connectivity index (χ2n) is 7.04. The van der Waals surface area contributed by atoms with Crippen LogP contribution in [0.5, 0.6) is 0 Å². The first-order valence-electron chi connectivity index (χ1n) is 8.67. The molecule has 2 amide bonds. The summed E-state index contributed by atoms with van der Waals surface area (Å²) in [5, 5.41) is 0. The fraction of sp³-hybridized carbons (Fsp3) is 0.579. The predicted octanol–water partition coefficient (Wildman–Crippen LogP) is 2.85. The first kappa shape index (κ1) is 16.0. The highest BCUT2D eigenvalue weighted by Gasteiger charge is 2.40. The monoisotopic (exact) mass is 314 g/mol. The number of hydrogen-bond acceptors (Lipinski definition) is 2. The van der Waals surface area contributed by atoms with Crippen LogP contribution in [0.1, 0.15) is 44.2 Å². The summed E-state index contributed by atoms with van der Waals surface area (Å²) in [7, 11) is 1.83. The molecule has 0 spiro atoms. The van der Waals surface area contributed by atoms with E-state index in [1.54, 1.807) is 4.90 Å². The molecular weight excluding hydrogens is 288 g/mol. The number of benzene rings is 1. The van der Waals surface area contributed by atoms with Crippen molar-refractivity contribution >= 4 is 11.8 Å². The Morgan fingerprint density at radius 1 is 1.17 bits per heavy atom. The van der Waals surface area contributed by atoms with Gasteiger partial charge < -0.3 is 9.80 Å². The zero-order chi connectivity index (χ0) is 16.4. The second-order valence-corrected chi connectivity index (χ2v) is 7.04. The second kappa shape index (κ2) is 6.73. The Labute approximate surface area is 138 Å². The van der Waals surface area contributed by atoms with E-state index in [1.807, 2.05) is 42.3 Å². The Morgan fingerprint density at radius 2 is 1.91 bits per heavy atom.